The van der Waals surface area contributed by atoms with Gasteiger partial charge in [0.15, 0.2) is 0 Å². The van der Waals surface area contributed by atoms with Gasteiger partial charge in [-0.1, -0.05) is 24.3 Å². The molecule has 35 heavy (non-hydrogen) atoms. The van der Waals surface area contributed by atoms with Gasteiger partial charge in [-0.3, -0.25) is 4.72 Å². The van der Waals surface area contributed by atoms with E-state index in [0.29, 0.717) is 24.5 Å². The second-order valence-electron chi connectivity index (χ2n) is 8.08. The Kier molecular flexibility index (Phi) is 8.34. The number of hydrogen-bond acceptors (Lipinski definition) is 7. The monoisotopic (exact) mass is 500 g/mol. The Hall–Kier alpha value is -3.60. The number of aliphatic hydroxyl groups excluding tert-OH is 1. The summed E-state index contributed by atoms with van der Waals surface area (Å²) in [6.07, 6.45) is 0.0646. The van der Waals surface area contributed by atoms with Gasteiger partial charge in [-0.2, -0.15) is 0 Å². The van der Waals surface area contributed by atoms with Gasteiger partial charge < -0.3 is 25.4 Å². The fraction of sp³-hybridized carbons (Fsp3) is 0.240. The van der Waals surface area contributed by atoms with Crippen LogP contribution in [0.4, 0.5) is 5.69 Å². The predicted molar refractivity (Wildman–Crippen MR) is 133 cm³/mol. The highest BCUT2D eigenvalue weighted by atomic mass is 32.2. The lowest BCUT2D eigenvalue weighted by Crippen LogP contribution is -2.26. The molecule has 5 N–H and O–H groups in total. The minimum atomic E-state index is -3.56. The van der Waals surface area contributed by atoms with Crippen LogP contribution in [0.5, 0.6) is 11.5 Å². The molecule has 10 heteroatoms. The lowest BCUT2D eigenvalue weighted by molar-refractivity contribution is 0.0697. The quantitative estimate of drug-likeness (QED) is 0.199. The third kappa shape index (κ3) is 7.44. The Balaban J connectivity index is 1.49. The molecule has 1 atom stereocenters. The molecule has 0 radical (unpaired) electrons. The molecule has 0 saturated carbocycles. The van der Waals surface area contributed by atoms with Crippen LogP contribution in [0.3, 0.4) is 0 Å². The number of aliphatic hydroxyl groups is 1. The third-order valence-corrected chi connectivity index (χ3v) is 5.82. The van der Waals surface area contributed by atoms with Crippen LogP contribution >= 0.6 is 0 Å². The van der Waals surface area contributed by atoms with E-state index in [0.717, 1.165) is 22.9 Å². The molecule has 0 aliphatic carbocycles. The van der Waals surface area contributed by atoms with Gasteiger partial charge in [0.2, 0.25) is 10.0 Å². The number of ether oxygens (including phenoxy) is 1. The van der Waals surface area contributed by atoms with E-state index in [2.05, 4.69) is 10.0 Å². The van der Waals surface area contributed by atoms with Crippen molar-refractivity contribution in [3.05, 3.63) is 77.4 Å². The first-order chi connectivity index (χ1) is 16.5. The second kappa shape index (κ2) is 11.2. The van der Waals surface area contributed by atoms with Gasteiger partial charge in [-0.15, -0.1) is 0 Å². The summed E-state index contributed by atoms with van der Waals surface area (Å²) < 4.78 is 30.8. The first-order valence-corrected chi connectivity index (χ1v) is 12.7. The van der Waals surface area contributed by atoms with Crippen molar-refractivity contribution in [2.75, 3.05) is 30.7 Å². The van der Waals surface area contributed by atoms with Crippen LogP contribution in [-0.4, -0.2) is 55.7 Å². The number of aromatic carboxylic acids is 1. The van der Waals surface area contributed by atoms with Crippen LogP contribution in [0.25, 0.3) is 11.1 Å². The van der Waals surface area contributed by atoms with E-state index in [1.54, 1.807) is 24.3 Å². The van der Waals surface area contributed by atoms with E-state index in [1.165, 1.54) is 18.2 Å². The van der Waals surface area contributed by atoms with E-state index in [9.17, 15) is 23.4 Å². The summed E-state index contributed by atoms with van der Waals surface area (Å²) in [4.78, 5) is 11.0. The zero-order chi connectivity index (χ0) is 25.6. The molecule has 0 aliphatic rings. The van der Waals surface area contributed by atoms with Crippen LogP contribution < -0.4 is 14.8 Å². The number of rotatable bonds is 11. The highest BCUT2D eigenvalue weighted by molar-refractivity contribution is 7.92. The second-order valence-corrected chi connectivity index (χ2v) is 9.83. The number of benzene rings is 3. The Bertz CT molecular complexity index is 1290. The van der Waals surface area contributed by atoms with Gasteiger partial charge in [-0.25, -0.2) is 13.2 Å². The lowest BCUT2D eigenvalue weighted by atomic mass is 9.99. The van der Waals surface area contributed by atoms with Crippen LogP contribution in [0.15, 0.2) is 60.7 Å². The minimum absolute atomic E-state index is 0.00373. The number of anilines is 1. The first-order valence-electron chi connectivity index (χ1n) is 10.8. The fourth-order valence-corrected chi connectivity index (χ4v) is 4.05. The molecule has 3 rings (SSSR count). The maximum absolute atomic E-state index is 11.4. The normalized spacial score (nSPS) is 12.2. The van der Waals surface area contributed by atoms with E-state index in [-0.39, 0.29) is 23.5 Å². The molecule has 3 aromatic carbocycles. The smallest absolute Gasteiger partial charge is 0.335 e. The maximum atomic E-state index is 11.4. The Labute approximate surface area is 204 Å². The molecule has 0 bridgehead atoms. The average Bonchev–Trinajstić information content (AvgIpc) is 2.79. The first kappa shape index (κ1) is 26.0. The SMILES string of the molecule is Cc1cc(OCCNC[C@H](O)c2ccc(O)c(NS(C)(=O)=O)c2)ccc1-c1ccc(C(=O)O)cc1. The zero-order valence-corrected chi connectivity index (χ0v) is 20.2. The molecule has 0 aromatic heterocycles. The molecule has 186 valence electrons. The summed E-state index contributed by atoms with van der Waals surface area (Å²) in [5.41, 5.74) is 3.57. The fourth-order valence-electron chi connectivity index (χ4n) is 3.48. The molecule has 0 fully saturated rings. The Morgan fingerprint density at radius 1 is 1.06 bits per heavy atom. The van der Waals surface area contributed by atoms with Crippen molar-refractivity contribution in [3.63, 3.8) is 0 Å². The van der Waals surface area contributed by atoms with E-state index in [1.807, 2.05) is 25.1 Å². The summed E-state index contributed by atoms with van der Waals surface area (Å²) in [6, 6.07) is 16.6. The Morgan fingerprint density at radius 3 is 2.40 bits per heavy atom. The predicted octanol–water partition coefficient (Wildman–Crippen LogP) is 3.14. The van der Waals surface area contributed by atoms with Crippen LogP contribution in [-0.2, 0) is 10.0 Å². The van der Waals surface area contributed by atoms with Gasteiger partial charge >= 0.3 is 5.97 Å². The molecular formula is C25H28N2O7S. The number of sulfonamides is 1. The molecule has 9 nitrogen and oxygen atoms in total. The standard InChI is InChI=1S/C25H28N2O7S/c1-16-13-20(8-9-21(16)17-3-5-18(6-4-17)25(30)31)34-12-11-26-15-24(29)19-7-10-23(28)22(14-19)27-35(2,32)33/h3-10,13-14,24,26-29H,11-12,15H2,1-2H3,(H,30,31)/t24-/m0/s1. The van der Waals surface area contributed by atoms with Crippen molar-refractivity contribution in [2.45, 2.75) is 13.0 Å². The van der Waals surface area contributed by atoms with Crippen molar-refractivity contribution in [1.82, 2.24) is 5.32 Å². The van der Waals surface area contributed by atoms with Gasteiger partial charge in [0, 0.05) is 13.1 Å². The number of carboxylic acid groups (broad SMARTS) is 1. The third-order valence-electron chi connectivity index (χ3n) is 5.23. The summed E-state index contributed by atoms with van der Waals surface area (Å²) >= 11 is 0. The van der Waals surface area contributed by atoms with E-state index >= 15 is 0 Å². The molecular weight excluding hydrogens is 472 g/mol. The molecule has 0 saturated heterocycles. The highest BCUT2D eigenvalue weighted by Gasteiger charge is 2.13. The van der Waals surface area contributed by atoms with E-state index < -0.39 is 22.1 Å². The number of carbonyl (C=O) groups is 1. The number of phenolic OH excluding ortho intramolecular Hbond substituents is 1. The Morgan fingerprint density at radius 2 is 1.77 bits per heavy atom. The number of aryl methyl sites for hydroxylation is 1. The van der Waals surface area contributed by atoms with Crippen molar-refractivity contribution in [3.8, 4) is 22.6 Å². The number of nitrogens with one attached hydrogen (secondary N) is 2. The van der Waals surface area contributed by atoms with Crippen molar-refractivity contribution < 1.29 is 33.3 Å². The lowest BCUT2D eigenvalue weighted by Gasteiger charge is -2.15. The maximum Gasteiger partial charge on any atom is 0.335 e. The molecule has 0 heterocycles. The summed E-state index contributed by atoms with van der Waals surface area (Å²) in [6.45, 7) is 2.97. The van der Waals surface area contributed by atoms with Gasteiger partial charge in [0.1, 0.15) is 18.1 Å². The van der Waals surface area contributed by atoms with Crippen LogP contribution in [0.2, 0.25) is 0 Å². The summed E-state index contributed by atoms with van der Waals surface area (Å²) in [7, 11) is -3.56. The molecule has 0 unspecified atom stereocenters. The van der Waals surface area contributed by atoms with Gasteiger partial charge in [0.25, 0.3) is 0 Å². The van der Waals surface area contributed by atoms with Crippen molar-refractivity contribution >= 4 is 21.7 Å². The number of aromatic hydroxyl groups is 1. The molecule has 0 aliphatic heterocycles. The number of carboxylic acids is 1. The minimum Gasteiger partial charge on any atom is -0.506 e. The average molecular weight is 501 g/mol. The largest absolute Gasteiger partial charge is 0.506 e. The highest BCUT2D eigenvalue weighted by Crippen LogP contribution is 2.28. The van der Waals surface area contributed by atoms with Crippen LogP contribution in [0, 0.1) is 6.92 Å². The summed E-state index contributed by atoms with van der Waals surface area (Å²) in [5.74, 6) is -0.507. The van der Waals surface area contributed by atoms with Crippen LogP contribution in [0.1, 0.15) is 27.6 Å². The molecule has 3 aromatic rings. The van der Waals surface area contributed by atoms with Crippen molar-refractivity contribution in [2.24, 2.45) is 0 Å². The topological polar surface area (TPSA) is 145 Å². The van der Waals surface area contributed by atoms with Gasteiger partial charge in [-0.05, 0) is 65.6 Å². The zero-order valence-electron chi connectivity index (χ0n) is 19.4. The summed E-state index contributed by atoms with van der Waals surface area (Å²) in [5, 5.41) is 32.3. The van der Waals surface area contributed by atoms with Gasteiger partial charge in [0.05, 0.1) is 23.6 Å². The van der Waals surface area contributed by atoms with Crippen molar-refractivity contribution in [1.29, 1.82) is 0 Å². The molecule has 0 spiro atoms. The number of hydrogen-bond donors (Lipinski definition) is 5. The molecule has 0 amide bonds. The van der Waals surface area contributed by atoms with E-state index in [4.69, 9.17) is 9.84 Å². The number of phenols is 1.